The maximum Gasteiger partial charge on any atom is 0.373 e. The summed E-state index contributed by atoms with van der Waals surface area (Å²) in [6.07, 6.45) is 3.63. The van der Waals surface area contributed by atoms with Gasteiger partial charge in [-0.05, 0) is 44.5 Å². The van der Waals surface area contributed by atoms with Crippen LogP contribution in [0.4, 0.5) is 0 Å². The molecule has 2 unspecified atom stereocenters. The molecule has 0 saturated heterocycles. The van der Waals surface area contributed by atoms with Crippen molar-refractivity contribution in [2.75, 3.05) is 20.7 Å². The number of methoxy groups -OCH3 is 1. The Morgan fingerprint density at radius 3 is 3.00 bits per heavy atom. The van der Waals surface area contributed by atoms with Crippen molar-refractivity contribution in [3.8, 4) is 0 Å². The number of hydrogen-bond donors (Lipinski definition) is 1. The lowest BCUT2D eigenvalue weighted by atomic mass is 10.0. The number of nitrogens with two attached hydrogens (primary N) is 1. The molecule has 1 aromatic heterocycles. The Balaban J connectivity index is 1.96. The number of ether oxygens (including phenoxy) is 1. The van der Waals surface area contributed by atoms with E-state index in [4.69, 9.17) is 10.2 Å². The van der Waals surface area contributed by atoms with Gasteiger partial charge in [0.25, 0.3) is 0 Å². The number of esters is 1. The van der Waals surface area contributed by atoms with Gasteiger partial charge in [-0.3, -0.25) is 4.90 Å². The van der Waals surface area contributed by atoms with Crippen molar-refractivity contribution in [3.05, 3.63) is 23.7 Å². The molecule has 1 heterocycles. The second kappa shape index (κ2) is 6.21. The molecular weight excluding hydrogens is 244 g/mol. The molecule has 5 heteroatoms. The number of nitrogens with zero attached hydrogens (tertiary/aromatic N) is 1. The van der Waals surface area contributed by atoms with Crippen molar-refractivity contribution in [2.45, 2.75) is 31.8 Å². The van der Waals surface area contributed by atoms with E-state index in [1.807, 2.05) is 6.07 Å². The lowest BCUT2D eigenvalue weighted by Crippen LogP contribution is -2.37. The van der Waals surface area contributed by atoms with E-state index in [-0.39, 0.29) is 5.76 Å². The summed E-state index contributed by atoms with van der Waals surface area (Å²) in [6, 6.07) is 4.00. The average molecular weight is 266 g/mol. The zero-order valence-electron chi connectivity index (χ0n) is 11.6. The number of carbonyl (C=O) groups is 1. The molecule has 106 valence electrons. The molecule has 0 aromatic carbocycles. The summed E-state index contributed by atoms with van der Waals surface area (Å²) in [7, 11) is 3.43. The van der Waals surface area contributed by atoms with E-state index < -0.39 is 5.97 Å². The summed E-state index contributed by atoms with van der Waals surface area (Å²) >= 11 is 0. The van der Waals surface area contributed by atoms with Crippen molar-refractivity contribution in [1.29, 1.82) is 0 Å². The van der Waals surface area contributed by atoms with Gasteiger partial charge in [-0.25, -0.2) is 4.79 Å². The standard InChI is InChI=1S/C14H22N2O3/c1-16(12-5-3-4-10(12)8-15)9-11-6-7-13(19-11)14(17)18-2/h6-7,10,12H,3-5,8-9,15H2,1-2H3. The van der Waals surface area contributed by atoms with Gasteiger partial charge in [-0.15, -0.1) is 0 Å². The van der Waals surface area contributed by atoms with E-state index in [0.29, 0.717) is 18.5 Å². The Hall–Kier alpha value is -1.33. The fourth-order valence-electron chi connectivity index (χ4n) is 2.91. The van der Waals surface area contributed by atoms with Crippen LogP contribution in [0.1, 0.15) is 35.6 Å². The third-order valence-electron chi connectivity index (χ3n) is 3.94. The first-order valence-corrected chi connectivity index (χ1v) is 6.73. The fraction of sp³-hybridized carbons (Fsp3) is 0.643. The first-order chi connectivity index (χ1) is 9.15. The quantitative estimate of drug-likeness (QED) is 0.820. The second-order valence-corrected chi connectivity index (χ2v) is 5.17. The van der Waals surface area contributed by atoms with Crippen molar-refractivity contribution >= 4 is 5.97 Å². The van der Waals surface area contributed by atoms with Crippen LogP contribution in [0.3, 0.4) is 0 Å². The molecule has 0 spiro atoms. The van der Waals surface area contributed by atoms with Gasteiger partial charge < -0.3 is 14.9 Å². The van der Waals surface area contributed by atoms with Crippen LogP contribution in [0.15, 0.2) is 16.5 Å². The third kappa shape index (κ3) is 3.16. The SMILES string of the molecule is COC(=O)c1ccc(CN(C)C2CCCC2CN)o1. The molecule has 0 amide bonds. The highest BCUT2D eigenvalue weighted by Crippen LogP contribution is 2.29. The van der Waals surface area contributed by atoms with E-state index in [0.717, 1.165) is 12.3 Å². The van der Waals surface area contributed by atoms with Crippen LogP contribution in [-0.2, 0) is 11.3 Å². The Bertz CT molecular complexity index is 430. The molecule has 1 aromatic rings. The highest BCUT2D eigenvalue weighted by atomic mass is 16.5. The van der Waals surface area contributed by atoms with Gasteiger partial charge in [0.15, 0.2) is 0 Å². The summed E-state index contributed by atoms with van der Waals surface area (Å²) < 4.78 is 10.1. The van der Waals surface area contributed by atoms with E-state index >= 15 is 0 Å². The van der Waals surface area contributed by atoms with Gasteiger partial charge in [-0.2, -0.15) is 0 Å². The molecular formula is C14H22N2O3. The summed E-state index contributed by atoms with van der Waals surface area (Å²) in [6.45, 7) is 1.43. The molecule has 1 aliphatic rings. The Morgan fingerprint density at radius 2 is 2.32 bits per heavy atom. The monoisotopic (exact) mass is 266 g/mol. The van der Waals surface area contributed by atoms with Gasteiger partial charge in [-0.1, -0.05) is 6.42 Å². The van der Waals surface area contributed by atoms with Crippen LogP contribution < -0.4 is 5.73 Å². The topological polar surface area (TPSA) is 68.7 Å². The molecule has 0 radical (unpaired) electrons. The number of rotatable bonds is 5. The van der Waals surface area contributed by atoms with E-state index in [2.05, 4.69) is 16.7 Å². The van der Waals surface area contributed by atoms with Crippen LogP contribution >= 0.6 is 0 Å². The normalized spacial score (nSPS) is 22.9. The lowest BCUT2D eigenvalue weighted by Gasteiger charge is -2.28. The fourth-order valence-corrected chi connectivity index (χ4v) is 2.91. The average Bonchev–Trinajstić information content (AvgIpc) is 3.05. The predicted molar refractivity (Wildman–Crippen MR) is 71.7 cm³/mol. The van der Waals surface area contributed by atoms with Crippen LogP contribution in [0.5, 0.6) is 0 Å². The molecule has 5 nitrogen and oxygen atoms in total. The molecule has 0 aliphatic heterocycles. The van der Waals surface area contributed by atoms with Crippen LogP contribution in [0, 0.1) is 5.92 Å². The van der Waals surface area contributed by atoms with Gasteiger partial charge in [0.2, 0.25) is 5.76 Å². The molecule has 0 bridgehead atoms. The largest absolute Gasteiger partial charge is 0.463 e. The zero-order chi connectivity index (χ0) is 13.8. The number of furan rings is 1. The predicted octanol–water partition coefficient (Wildman–Crippen LogP) is 1.63. The van der Waals surface area contributed by atoms with E-state index in [1.165, 1.54) is 26.4 Å². The molecule has 1 fully saturated rings. The van der Waals surface area contributed by atoms with Crippen LogP contribution in [-0.4, -0.2) is 37.6 Å². The summed E-state index contributed by atoms with van der Waals surface area (Å²) in [5.74, 6) is 1.17. The molecule has 19 heavy (non-hydrogen) atoms. The number of hydrogen-bond acceptors (Lipinski definition) is 5. The maximum absolute atomic E-state index is 11.3. The first kappa shape index (κ1) is 14.1. The smallest absolute Gasteiger partial charge is 0.373 e. The van der Waals surface area contributed by atoms with Gasteiger partial charge in [0.05, 0.1) is 13.7 Å². The maximum atomic E-state index is 11.3. The van der Waals surface area contributed by atoms with Gasteiger partial charge in [0, 0.05) is 6.04 Å². The van der Waals surface area contributed by atoms with Crippen molar-refractivity contribution in [2.24, 2.45) is 11.7 Å². The Labute approximate surface area is 113 Å². The Kier molecular flexibility index (Phi) is 4.61. The third-order valence-corrected chi connectivity index (χ3v) is 3.94. The zero-order valence-corrected chi connectivity index (χ0v) is 11.6. The van der Waals surface area contributed by atoms with Crippen LogP contribution in [0.25, 0.3) is 0 Å². The minimum Gasteiger partial charge on any atom is -0.463 e. The molecule has 1 saturated carbocycles. The first-order valence-electron chi connectivity index (χ1n) is 6.73. The van der Waals surface area contributed by atoms with Gasteiger partial charge in [0.1, 0.15) is 5.76 Å². The molecule has 2 atom stereocenters. The molecule has 1 aliphatic carbocycles. The highest BCUT2D eigenvalue weighted by molar-refractivity contribution is 5.86. The molecule has 2 rings (SSSR count). The van der Waals surface area contributed by atoms with Crippen molar-refractivity contribution in [1.82, 2.24) is 4.90 Å². The number of carbonyl (C=O) groups excluding carboxylic acids is 1. The lowest BCUT2D eigenvalue weighted by molar-refractivity contribution is 0.0560. The van der Waals surface area contributed by atoms with Crippen molar-refractivity contribution < 1.29 is 13.9 Å². The highest BCUT2D eigenvalue weighted by Gasteiger charge is 2.29. The Morgan fingerprint density at radius 1 is 1.53 bits per heavy atom. The van der Waals surface area contributed by atoms with Gasteiger partial charge >= 0.3 is 5.97 Å². The molecule has 2 N–H and O–H groups in total. The van der Waals surface area contributed by atoms with Crippen LogP contribution in [0.2, 0.25) is 0 Å². The van der Waals surface area contributed by atoms with E-state index in [1.54, 1.807) is 6.07 Å². The second-order valence-electron chi connectivity index (χ2n) is 5.17. The minimum absolute atomic E-state index is 0.257. The van der Waals surface area contributed by atoms with Crippen molar-refractivity contribution in [3.63, 3.8) is 0 Å². The summed E-state index contributed by atoms with van der Waals surface area (Å²) in [4.78, 5) is 13.6. The summed E-state index contributed by atoms with van der Waals surface area (Å²) in [5.41, 5.74) is 5.81. The minimum atomic E-state index is -0.436. The van der Waals surface area contributed by atoms with E-state index in [9.17, 15) is 4.79 Å². The summed E-state index contributed by atoms with van der Waals surface area (Å²) in [5, 5.41) is 0.